The zero-order valence-electron chi connectivity index (χ0n) is 26.3. The number of hydrogen-bond donors (Lipinski definition) is 2. The first kappa shape index (κ1) is 37.2. The number of rotatable bonds is 16. The van der Waals surface area contributed by atoms with Gasteiger partial charge >= 0.3 is 12.1 Å². The number of nitrogens with zero attached hydrogens (tertiary/aromatic N) is 3. The Bertz CT molecular complexity index is 1420. The number of hydrogen-bond acceptors (Lipinski definition) is 10. The molecule has 0 atom stereocenters. The van der Waals surface area contributed by atoms with Crippen molar-refractivity contribution in [3.8, 4) is 17.0 Å². The van der Waals surface area contributed by atoms with Gasteiger partial charge < -0.3 is 39.0 Å². The molecule has 47 heavy (non-hydrogen) atoms. The van der Waals surface area contributed by atoms with Crippen molar-refractivity contribution in [2.75, 3.05) is 82.8 Å². The summed E-state index contributed by atoms with van der Waals surface area (Å²) in [5.41, 5.74) is 4.05. The summed E-state index contributed by atoms with van der Waals surface area (Å²) in [5.74, 6) is -0.503. The van der Waals surface area contributed by atoms with E-state index in [-0.39, 0.29) is 13.2 Å². The number of aromatic nitrogens is 2. The van der Waals surface area contributed by atoms with Crippen LogP contribution in [0.15, 0.2) is 48.8 Å². The third kappa shape index (κ3) is 13.1. The normalized spacial score (nSPS) is 13.0. The van der Waals surface area contributed by atoms with Crippen LogP contribution in [0.3, 0.4) is 0 Å². The van der Waals surface area contributed by atoms with Crippen LogP contribution in [0.4, 0.5) is 24.5 Å². The van der Waals surface area contributed by atoms with Crippen molar-refractivity contribution in [3.05, 3.63) is 65.6 Å². The number of halogens is 3. The van der Waals surface area contributed by atoms with Gasteiger partial charge in [0.2, 0.25) is 12.3 Å². The molecule has 0 unspecified atom stereocenters. The minimum atomic E-state index is -4.22. The molecule has 2 N–H and O–H groups in total. The number of carboxylic acids is 1. The number of aliphatic carboxylic acids is 1. The summed E-state index contributed by atoms with van der Waals surface area (Å²) in [6, 6.07) is 9.11. The number of ether oxygens (including phenoxy) is 5. The lowest BCUT2D eigenvalue weighted by Crippen LogP contribution is -2.36. The quantitative estimate of drug-likeness (QED) is 0.166. The summed E-state index contributed by atoms with van der Waals surface area (Å²) < 4.78 is 63.1. The maximum Gasteiger partial charge on any atom is 0.416 e. The summed E-state index contributed by atoms with van der Waals surface area (Å²) in [6.07, 6.45) is -0.254. The van der Waals surface area contributed by atoms with Gasteiger partial charge in [-0.05, 0) is 32.0 Å². The first-order valence-corrected chi connectivity index (χ1v) is 14.8. The van der Waals surface area contributed by atoms with Crippen molar-refractivity contribution in [2.24, 2.45) is 0 Å². The van der Waals surface area contributed by atoms with Gasteiger partial charge in [-0.15, -0.1) is 0 Å². The van der Waals surface area contributed by atoms with E-state index in [2.05, 4.69) is 20.2 Å². The van der Waals surface area contributed by atoms with Crippen molar-refractivity contribution in [2.45, 2.75) is 20.0 Å². The molecule has 12 nitrogen and oxygen atoms in total. The number of nitrogens with one attached hydrogen (secondary N) is 1. The van der Waals surface area contributed by atoms with Gasteiger partial charge in [-0.25, -0.2) is 9.78 Å². The summed E-state index contributed by atoms with van der Waals surface area (Å²) in [4.78, 5) is 32.3. The fourth-order valence-electron chi connectivity index (χ4n) is 4.32. The van der Waals surface area contributed by atoms with Gasteiger partial charge in [-0.3, -0.25) is 9.78 Å². The predicted molar refractivity (Wildman–Crippen MR) is 167 cm³/mol. The molecule has 3 aromatic rings. The number of aryl methyl sites for hydroxylation is 2. The van der Waals surface area contributed by atoms with Gasteiger partial charge in [-0.2, -0.15) is 13.2 Å². The summed E-state index contributed by atoms with van der Waals surface area (Å²) in [7, 11) is 0. The number of benzene rings is 1. The summed E-state index contributed by atoms with van der Waals surface area (Å²) >= 11 is 0. The molecule has 0 aliphatic carbocycles. The third-order valence-electron chi connectivity index (χ3n) is 6.59. The molecule has 0 radical (unpaired) electrons. The molecule has 1 aromatic carbocycles. The van der Waals surface area contributed by atoms with E-state index in [0.29, 0.717) is 69.8 Å². The minimum absolute atomic E-state index is 0.217. The Morgan fingerprint density at radius 2 is 1.66 bits per heavy atom. The number of anilines is 2. The molecule has 256 valence electrons. The van der Waals surface area contributed by atoms with Gasteiger partial charge in [0.25, 0.3) is 0 Å². The number of morpholine rings is 1. The Morgan fingerprint density at radius 3 is 2.28 bits per heavy atom. The number of carbonyl (C=O) groups excluding carboxylic acids is 1. The molecule has 1 amide bonds. The molecule has 15 heteroatoms. The molecule has 0 spiro atoms. The Labute approximate surface area is 270 Å². The molecular formula is C32H39F3N4O8. The van der Waals surface area contributed by atoms with Gasteiger partial charge in [0, 0.05) is 36.1 Å². The lowest BCUT2D eigenvalue weighted by Gasteiger charge is -2.30. The first-order chi connectivity index (χ1) is 22.6. The number of carbonyl (C=O) groups is 2. The Hall–Kier alpha value is -4.31. The van der Waals surface area contributed by atoms with E-state index in [0.717, 1.165) is 47.7 Å². The minimum Gasteiger partial charge on any atom is -0.480 e. The smallest absolute Gasteiger partial charge is 0.416 e. The van der Waals surface area contributed by atoms with E-state index in [1.807, 2.05) is 19.1 Å². The number of carboxylic acid groups (broad SMARTS) is 1. The van der Waals surface area contributed by atoms with Crippen LogP contribution in [0.1, 0.15) is 16.8 Å². The van der Waals surface area contributed by atoms with Gasteiger partial charge in [0.1, 0.15) is 18.9 Å². The van der Waals surface area contributed by atoms with E-state index in [4.69, 9.17) is 28.8 Å². The highest BCUT2D eigenvalue weighted by Gasteiger charge is 2.30. The standard InChI is InChI=1S/C24H32N4O8.C8H7F3/c1-18-21(13-20(15-25-18)27-17-29)19-12-22(28-2-4-32-5-3-28)24(26-14-19)36-11-10-34-7-6-33-8-9-35-16-23(30)31;1-6-3-2-4-7(5-6)8(9,10)11/h12-15,17H,2-11,16H2,1H3,(H,27,29)(H,30,31);2-5H,1H3. The van der Waals surface area contributed by atoms with E-state index in [1.165, 1.54) is 6.07 Å². The second kappa shape index (κ2) is 19.4. The molecule has 1 fully saturated rings. The van der Waals surface area contributed by atoms with Crippen molar-refractivity contribution in [1.82, 2.24) is 9.97 Å². The second-order valence-corrected chi connectivity index (χ2v) is 10.2. The first-order valence-electron chi connectivity index (χ1n) is 14.8. The number of pyridine rings is 2. The van der Waals surface area contributed by atoms with Gasteiger partial charge in [-0.1, -0.05) is 23.8 Å². The number of alkyl halides is 3. The average molecular weight is 665 g/mol. The molecule has 3 heterocycles. The van der Waals surface area contributed by atoms with E-state index in [9.17, 15) is 22.8 Å². The van der Waals surface area contributed by atoms with Crippen molar-refractivity contribution in [1.29, 1.82) is 0 Å². The topological polar surface area (TPSA) is 142 Å². The zero-order valence-corrected chi connectivity index (χ0v) is 26.3. The van der Waals surface area contributed by atoms with Crippen molar-refractivity contribution < 1.29 is 51.6 Å². The highest BCUT2D eigenvalue weighted by Crippen LogP contribution is 2.34. The van der Waals surface area contributed by atoms with Crippen LogP contribution in [0.5, 0.6) is 5.88 Å². The fraction of sp³-hybridized carbons (Fsp3) is 0.438. The molecular weight excluding hydrogens is 625 g/mol. The largest absolute Gasteiger partial charge is 0.480 e. The van der Waals surface area contributed by atoms with E-state index in [1.54, 1.807) is 25.4 Å². The van der Waals surface area contributed by atoms with Crippen LogP contribution in [0, 0.1) is 13.8 Å². The maximum atomic E-state index is 12.0. The van der Waals surface area contributed by atoms with Crippen molar-refractivity contribution >= 4 is 23.8 Å². The fourth-order valence-corrected chi connectivity index (χ4v) is 4.32. The molecule has 2 aromatic heterocycles. The Balaban J connectivity index is 0.000000461. The molecule has 1 aliphatic rings. The van der Waals surface area contributed by atoms with Crippen LogP contribution in [0.25, 0.3) is 11.1 Å². The monoisotopic (exact) mass is 664 g/mol. The lowest BCUT2D eigenvalue weighted by atomic mass is 10.1. The highest BCUT2D eigenvalue weighted by molar-refractivity contribution is 5.78. The molecule has 4 rings (SSSR count). The zero-order chi connectivity index (χ0) is 34.1. The molecule has 1 saturated heterocycles. The Morgan fingerprint density at radius 1 is 0.979 bits per heavy atom. The van der Waals surface area contributed by atoms with Crippen LogP contribution in [0.2, 0.25) is 0 Å². The molecule has 0 saturated carbocycles. The van der Waals surface area contributed by atoms with E-state index >= 15 is 0 Å². The predicted octanol–water partition coefficient (Wildman–Crippen LogP) is 4.38. The average Bonchev–Trinajstić information content (AvgIpc) is 3.05. The second-order valence-electron chi connectivity index (χ2n) is 10.2. The molecule has 1 aliphatic heterocycles. The van der Waals surface area contributed by atoms with E-state index < -0.39 is 17.7 Å². The number of amides is 1. The van der Waals surface area contributed by atoms with Crippen LogP contribution in [-0.2, 0) is 34.7 Å². The SMILES string of the molecule is Cc1cccc(C(F)(F)F)c1.Cc1ncc(NC=O)cc1-c1cnc(OCCOCCOCCOCC(=O)O)c(N2CCOCC2)c1. The highest BCUT2D eigenvalue weighted by atomic mass is 19.4. The van der Waals surface area contributed by atoms with Gasteiger partial charge in [0.15, 0.2) is 0 Å². The van der Waals surface area contributed by atoms with Crippen LogP contribution in [-0.4, -0.2) is 100 Å². The van der Waals surface area contributed by atoms with Gasteiger partial charge in [0.05, 0.1) is 63.7 Å². The third-order valence-corrected chi connectivity index (χ3v) is 6.59. The van der Waals surface area contributed by atoms with Crippen molar-refractivity contribution in [3.63, 3.8) is 0 Å². The molecule has 0 bridgehead atoms. The van der Waals surface area contributed by atoms with Crippen LogP contribution < -0.4 is 15.0 Å². The lowest BCUT2D eigenvalue weighted by molar-refractivity contribution is -0.142. The Kier molecular flexibility index (Phi) is 15.3. The summed E-state index contributed by atoms with van der Waals surface area (Å²) in [6.45, 7) is 7.81. The summed E-state index contributed by atoms with van der Waals surface area (Å²) in [5, 5.41) is 11.1. The maximum absolute atomic E-state index is 12.0. The van der Waals surface area contributed by atoms with Crippen LogP contribution >= 0.6 is 0 Å².